The van der Waals surface area contributed by atoms with Gasteiger partial charge < -0.3 is 4.74 Å². The van der Waals surface area contributed by atoms with Crippen molar-refractivity contribution in [3.05, 3.63) is 23.5 Å². The molecule has 0 N–H and O–H groups in total. The fraction of sp³-hybridized carbons (Fsp3) is 0.400. The van der Waals surface area contributed by atoms with Crippen LogP contribution in [0.5, 0.6) is 0 Å². The van der Waals surface area contributed by atoms with Crippen molar-refractivity contribution in [1.82, 2.24) is 0 Å². The molecule has 0 aliphatic heterocycles. The van der Waals surface area contributed by atoms with Gasteiger partial charge in [0.1, 0.15) is 0 Å². The average molecular weight is 204 g/mol. The molecule has 78 valence electrons. The number of allylic oxidation sites excluding steroid dienone is 4. The van der Waals surface area contributed by atoms with Crippen molar-refractivity contribution in [2.75, 3.05) is 0 Å². The Bertz CT molecular complexity index is 279. The van der Waals surface area contributed by atoms with Crippen LogP contribution in [0.15, 0.2) is 23.5 Å². The van der Waals surface area contributed by atoms with Crippen LogP contribution in [0.2, 0.25) is 0 Å². The van der Waals surface area contributed by atoms with Gasteiger partial charge in [0.25, 0.3) is 0 Å². The molecule has 1 nitrogen and oxygen atoms in total. The Hall–Kier alpha value is -1.37. The van der Waals surface area contributed by atoms with E-state index in [1.807, 2.05) is 12.8 Å². The van der Waals surface area contributed by atoms with Crippen LogP contribution in [-0.4, -0.2) is 6.36 Å². The van der Waals surface area contributed by atoms with Gasteiger partial charge in [0.05, 0.1) is 0 Å². The summed E-state index contributed by atoms with van der Waals surface area (Å²) in [7, 11) is 0. The highest BCUT2D eigenvalue weighted by atomic mass is 19.4. The maximum atomic E-state index is 11.7. The Morgan fingerprint density at radius 1 is 1.43 bits per heavy atom. The molecule has 0 radical (unpaired) electrons. The van der Waals surface area contributed by atoms with E-state index in [1.54, 1.807) is 6.92 Å². The van der Waals surface area contributed by atoms with Gasteiger partial charge in [-0.2, -0.15) is 0 Å². The minimum atomic E-state index is -4.73. The molecule has 0 aliphatic carbocycles. The van der Waals surface area contributed by atoms with E-state index in [0.29, 0.717) is 0 Å². The Morgan fingerprint density at radius 3 is 2.36 bits per heavy atom. The van der Waals surface area contributed by atoms with Crippen molar-refractivity contribution in [3.8, 4) is 12.3 Å². The SMILES string of the molecule is C#C/C(=C\C=C(/C)CC)OC(F)(F)F. The molecule has 0 amide bonds. The first-order valence-corrected chi connectivity index (χ1v) is 3.99. The predicted molar refractivity (Wildman–Crippen MR) is 48.1 cm³/mol. The minimum Gasteiger partial charge on any atom is -0.397 e. The van der Waals surface area contributed by atoms with Gasteiger partial charge in [-0.05, 0) is 25.3 Å². The van der Waals surface area contributed by atoms with E-state index in [9.17, 15) is 13.2 Å². The maximum absolute atomic E-state index is 11.7. The predicted octanol–water partition coefficient (Wildman–Crippen LogP) is 3.40. The molecular formula is C10H11F3O. The molecule has 0 aromatic rings. The van der Waals surface area contributed by atoms with Crippen molar-refractivity contribution in [1.29, 1.82) is 0 Å². The lowest BCUT2D eigenvalue weighted by molar-refractivity contribution is -0.302. The summed E-state index contributed by atoms with van der Waals surface area (Å²) < 4.78 is 38.7. The number of rotatable bonds is 3. The van der Waals surface area contributed by atoms with E-state index in [4.69, 9.17) is 6.42 Å². The third-order valence-corrected chi connectivity index (χ3v) is 1.44. The summed E-state index contributed by atoms with van der Waals surface area (Å²) >= 11 is 0. The van der Waals surface area contributed by atoms with Crippen LogP contribution in [0.4, 0.5) is 13.2 Å². The zero-order valence-electron chi connectivity index (χ0n) is 7.98. The van der Waals surface area contributed by atoms with Crippen molar-refractivity contribution >= 4 is 0 Å². The number of alkyl halides is 3. The minimum absolute atomic E-state index is 0.537. The highest BCUT2D eigenvalue weighted by molar-refractivity contribution is 5.25. The van der Waals surface area contributed by atoms with Crippen LogP contribution >= 0.6 is 0 Å². The highest BCUT2D eigenvalue weighted by Crippen LogP contribution is 2.20. The summed E-state index contributed by atoms with van der Waals surface area (Å²) in [6.45, 7) is 3.68. The normalized spacial score (nSPS) is 13.7. The molecule has 0 unspecified atom stereocenters. The first-order chi connectivity index (χ1) is 6.39. The fourth-order valence-electron chi connectivity index (χ4n) is 0.572. The Balaban J connectivity index is 4.52. The fourth-order valence-corrected chi connectivity index (χ4v) is 0.572. The van der Waals surface area contributed by atoms with E-state index in [2.05, 4.69) is 4.74 Å². The van der Waals surface area contributed by atoms with Gasteiger partial charge in [0, 0.05) is 0 Å². The topological polar surface area (TPSA) is 9.23 Å². The van der Waals surface area contributed by atoms with Crippen LogP contribution in [-0.2, 0) is 4.74 Å². The van der Waals surface area contributed by atoms with E-state index in [1.165, 1.54) is 6.08 Å². The Morgan fingerprint density at radius 2 is 2.00 bits per heavy atom. The van der Waals surface area contributed by atoms with Gasteiger partial charge in [0.2, 0.25) is 0 Å². The number of ether oxygens (including phenoxy) is 1. The van der Waals surface area contributed by atoms with Crippen LogP contribution in [0.3, 0.4) is 0 Å². The summed E-state index contributed by atoms with van der Waals surface area (Å²) in [5, 5.41) is 0. The van der Waals surface area contributed by atoms with E-state index >= 15 is 0 Å². The van der Waals surface area contributed by atoms with Gasteiger partial charge in [-0.3, -0.25) is 0 Å². The third-order valence-electron chi connectivity index (χ3n) is 1.44. The summed E-state index contributed by atoms with van der Waals surface area (Å²) in [6.07, 6.45) is 3.49. The van der Waals surface area contributed by atoms with Crippen LogP contribution < -0.4 is 0 Å². The Kier molecular flexibility index (Phi) is 4.85. The van der Waals surface area contributed by atoms with Crippen molar-refractivity contribution in [2.24, 2.45) is 0 Å². The maximum Gasteiger partial charge on any atom is 0.573 e. The lowest BCUT2D eigenvalue weighted by Gasteiger charge is -2.06. The summed E-state index contributed by atoms with van der Waals surface area (Å²) in [5.74, 6) is 1.28. The number of hydrogen-bond donors (Lipinski definition) is 0. The molecule has 0 bridgehead atoms. The molecule has 0 saturated heterocycles. The van der Waals surface area contributed by atoms with E-state index in [0.717, 1.165) is 18.1 Å². The molecule has 0 aromatic carbocycles. The molecule has 0 fully saturated rings. The smallest absolute Gasteiger partial charge is 0.397 e. The lowest BCUT2D eigenvalue weighted by atomic mass is 10.2. The molecule has 0 rings (SSSR count). The molecule has 0 aromatic heterocycles. The monoisotopic (exact) mass is 204 g/mol. The van der Waals surface area contributed by atoms with Gasteiger partial charge in [0.15, 0.2) is 5.76 Å². The van der Waals surface area contributed by atoms with Gasteiger partial charge >= 0.3 is 6.36 Å². The first kappa shape index (κ1) is 12.6. The lowest BCUT2D eigenvalue weighted by Crippen LogP contribution is -2.12. The molecule has 14 heavy (non-hydrogen) atoms. The summed E-state index contributed by atoms with van der Waals surface area (Å²) in [4.78, 5) is 0. The zero-order valence-corrected chi connectivity index (χ0v) is 7.98. The first-order valence-electron chi connectivity index (χ1n) is 3.99. The molecule has 0 atom stereocenters. The highest BCUT2D eigenvalue weighted by Gasteiger charge is 2.31. The Labute approximate surface area is 81.3 Å². The average Bonchev–Trinajstić information content (AvgIpc) is 2.09. The number of terminal acetylenes is 1. The molecule has 0 heterocycles. The molecule has 0 aliphatic rings. The van der Waals surface area contributed by atoms with Crippen molar-refractivity contribution < 1.29 is 17.9 Å². The second kappa shape index (κ2) is 5.38. The van der Waals surface area contributed by atoms with Gasteiger partial charge in [-0.25, -0.2) is 0 Å². The molecule has 4 heteroatoms. The van der Waals surface area contributed by atoms with Gasteiger partial charge in [-0.15, -0.1) is 19.6 Å². The van der Waals surface area contributed by atoms with Crippen LogP contribution in [0.1, 0.15) is 20.3 Å². The van der Waals surface area contributed by atoms with Crippen molar-refractivity contribution in [3.63, 3.8) is 0 Å². The standard InChI is InChI=1S/C10H11F3O/c1-4-8(3)6-7-9(5-2)14-10(11,12)13/h2,6-7H,4H2,1,3H3/b8-6+,9-7+. The largest absolute Gasteiger partial charge is 0.573 e. The molecule has 0 spiro atoms. The van der Waals surface area contributed by atoms with Crippen molar-refractivity contribution in [2.45, 2.75) is 26.6 Å². The van der Waals surface area contributed by atoms with E-state index in [-0.39, 0.29) is 0 Å². The molecule has 0 saturated carbocycles. The zero-order chi connectivity index (χ0) is 11.2. The molecular weight excluding hydrogens is 193 g/mol. The third kappa shape index (κ3) is 6.18. The number of halogens is 3. The van der Waals surface area contributed by atoms with Crippen LogP contribution in [0, 0.1) is 12.3 Å². The number of hydrogen-bond acceptors (Lipinski definition) is 1. The quantitative estimate of drug-likeness (QED) is 0.389. The summed E-state index contributed by atoms with van der Waals surface area (Å²) in [5.41, 5.74) is 0.920. The van der Waals surface area contributed by atoms with Gasteiger partial charge in [-0.1, -0.05) is 18.6 Å². The van der Waals surface area contributed by atoms with Crippen LogP contribution in [0.25, 0.3) is 0 Å². The second-order valence-electron chi connectivity index (χ2n) is 2.59. The van der Waals surface area contributed by atoms with E-state index < -0.39 is 12.1 Å². The second-order valence-corrected chi connectivity index (χ2v) is 2.59. The summed E-state index contributed by atoms with van der Waals surface area (Å²) in [6, 6.07) is 0.